The van der Waals surface area contributed by atoms with Crippen LogP contribution >= 0.6 is 11.3 Å². The Hall–Kier alpha value is -4.59. The molecule has 0 bridgehead atoms. The first-order chi connectivity index (χ1) is 20.4. The highest BCUT2D eigenvalue weighted by Crippen LogP contribution is 2.24. The molecular formula is C24H28N8O9S2. The van der Waals surface area contributed by atoms with Crippen LogP contribution in [0.15, 0.2) is 47.2 Å². The third-order valence-corrected chi connectivity index (χ3v) is 7.89. The molecule has 1 saturated heterocycles. The summed E-state index contributed by atoms with van der Waals surface area (Å²) in [6.07, 6.45) is 2.73. The van der Waals surface area contributed by atoms with Crippen molar-refractivity contribution in [3.05, 3.63) is 47.7 Å². The van der Waals surface area contributed by atoms with E-state index < -0.39 is 58.6 Å². The fraction of sp³-hybridized carbons (Fsp3) is 0.333. The Bertz CT molecular complexity index is 1620. The molecular weight excluding hydrogens is 608 g/mol. The normalized spacial score (nSPS) is 17.7. The van der Waals surface area contributed by atoms with Gasteiger partial charge in [0.25, 0.3) is 17.9 Å². The number of hydrogen-bond acceptors (Lipinski definition) is 13. The fourth-order valence-corrected chi connectivity index (χ4v) is 5.41. The molecule has 2 aromatic heterocycles. The van der Waals surface area contributed by atoms with Crippen molar-refractivity contribution >= 4 is 50.3 Å². The molecule has 3 aromatic rings. The first kappa shape index (κ1) is 31.3. The van der Waals surface area contributed by atoms with Crippen LogP contribution in [0.5, 0.6) is 5.75 Å². The molecule has 2 amide bonds. The number of hydrogen-bond donors (Lipinski definition) is 5. The van der Waals surface area contributed by atoms with Crippen LogP contribution in [0.1, 0.15) is 19.0 Å². The number of nitrogen functional groups attached to an aromatic ring is 1. The summed E-state index contributed by atoms with van der Waals surface area (Å²) in [7, 11) is -4.82. The molecule has 43 heavy (non-hydrogen) atoms. The van der Waals surface area contributed by atoms with E-state index in [1.165, 1.54) is 12.3 Å². The number of benzene rings is 1. The van der Waals surface area contributed by atoms with Crippen LogP contribution in [0.4, 0.5) is 5.13 Å². The highest BCUT2D eigenvalue weighted by atomic mass is 32.2. The standard InChI is InChI=1S/C24H28N8O9S2/c1-13-19(22(34)32(13)43(37,38)39)29-21(33)20(17-12-42-24(26)28-17)30-41-18(23(35)36)11-40-16-5-3-14(4-6-16)15-9-27-31(10-15)8-2-7-25/h3-6,9-10,12-13,18-19H,2,7-8,11,25H2,1H3,(H2,26,28)(H,29,33)(H,35,36)(H,37,38,39)/b30-20-/t13-,18-,19-/m0/s1. The largest absolute Gasteiger partial charge is 0.489 e. The first-order valence-corrected chi connectivity index (χ1v) is 14.9. The summed E-state index contributed by atoms with van der Waals surface area (Å²) in [6.45, 7) is 2.04. The van der Waals surface area contributed by atoms with Crippen LogP contribution < -0.4 is 21.5 Å². The summed E-state index contributed by atoms with van der Waals surface area (Å²) in [5.74, 6) is -3.22. The quantitative estimate of drug-likeness (QED) is 0.0660. The molecule has 1 aliphatic rings. The van der Waals surface area contributed by atoms with Gasteiger partial charge in [0.2, 0.25) is 0 Å². The van der Waals surface area contributed by atoms with E-state index in [2.05, 4.69) is 20.6 Å². The van der Waals surface area contributed by atoms with Gasteiger partial charge < -0.3 is 31.5 Å². The van der Waals surface area contributed by atoms with E-state index in [-0.39, 0.29) is 15.1 Å². The SMILES string of the molecule is C[C@H]1[C@H](NC(=O)/C(=N\O[C@@H](COc2ccc(-c3cnn(CCCN)c3)cc2)C(=O)O)c2csc(N)n2)C(=O)N1S(=O)(=O)O. The number of thiazole rings is 1. The number of aryl methyl sites for hydroxylation is 1. The molecule has 1 aromatic carbocycles. The van der Waals surface area contributed by atoms with Gasteiger partial charge in [0.05, 0.1) is 12.2 Å². The molecule has 3 heterocycles. The lowest BCUT2D eigenvalue weighted by atomic mass is 10.0. The Labute approximate surface area is 248 Å². The van der Waals surface area contributed by atoms with Gasteiger partial charge in [-0.05, 0) is 37.6 Å². The number of aliphatic carboxylic acids is 1. The van der Waals surface area contributed by atoms with Gasteiger partial charge in [0.1, 0.15) is 24.1 Å². The summed E-state index contributed by atoms with van der Waals surface area (Å²) >= 11 is 0.957. The summed E-state index contributed by atoms with van der Waals surface area (Å²) in [4.78, 5) is 46.1. The highest BCUT2D eigenvalue weighted by molar-refractivity contribution is 7.84. The molecule has 1 fully saturated rings. The molecule has 4 rings (SSSR count). The number of ether oxygens (including phenoxy) is 1. The summed E-state index contributed by atoms with van der Waals surface area (Å²) in [5, 5.41) is 21.3. The predicted octanol–water partition coefficient (Wildman–Crippen LogP) is -0.291. The smallest absolute Gasteiger partial charge is 0.362 e. The molecule has 7 N–H and O–H groups in total. The zero-order valence-corrected chi connectivity index (χ0v) is 24.2. The molecule has 230 valence electrons. The maximum atomic E-state index is 13.0. The number of carbonyl (C=O) groups is 3. The van der Waals surface area contributed by atoms with Crippen LogP contribution in [0.3, 0.4) is 0 Å². The molecule has 0 unspecified atom stereocenters. The Balaban J connectivity index is 1.42. The number of aromatic nitrogens is 3. The zero-order valence-electron chi connectivity index (χ0n) is 22.6. The minimum atomic E-state index is -4.82. The number of β-lactam (4-membered cyclic amide) rings is 1. The maximum absolute atomic E-state index is 13.0. The van der Waals surface area contributed by atoms with Crippen molar-refractivity contribution in [2.75, 3.05) is 18.9 Å². The monoisotopic (exact) mass is 636 g/mol. The number of carboxylic acid groups (broad SMARTS) is 1. The number of anilines is 1. The van der Waals surface area contributed by atoms with E-state index in [1.807, 2.05) is 6.20 Å². The summed E-state index contributed by atoms with van der Waals surface area (Å²) in [6, 6.07) is 4.40. The van der Waals surface area contributed by atoms with Gasteiger partial charge in [-0.3, -0.25) is 18.8 Å². The van der Waals surface area contributed by atoms with E-state index in [4.69, 9.17) is 25.6 Å². The van der Waals surface area contributed by atoms with Gasteiger partial charge in [0.15, 0.2) is 10.8 Å². The molecule has 17 nitrogen and oxygen atoms in total. The molecule has 1 aliphatic heterocycles. The predicted molar refractivity (Wildman–Crippen MR) is 152 cm³/mol. The minimum absolute atomic E-state index is 0.0607. The molecule has 0 saturated carbocycles. The number of carbonyl (C=O) groups excluding carboxylic acids is 2. The van der Waals surface area contributed by atoms with Crippen LogP contribution in [-0.2, 0) is 36.1 Å². The van der Waals surface area contributed by atoms with Crippen molar-refractivity contribution < 1.29 is 42.0 Å². The lowest BCUT2D eigenvalue weighted by molar-refractivity contribution is -0.152. The van der Waals surface area contributed by atoms with Crippen molar-refractivity contribution in [1.29, 1.82) is 0 Å². The van der Waals surface area contributed by atoms with Gasteiger partial charge >= 0.3 is 16.3 Å². The van der Waals surface area contributed by atoms with Crippen molar-refractivity contribution in [3.8, 4) is 16.9 Å². The number of nitrogens with zero attached hydrogens (tertiary/aromatic N) is 5. The van der Waals surface area contributed by atoms with Crippen LogP contribution in [0.2, 0.25) is 0 Å². The van der Waals surface area contributed by atoms with Gasteiger partial charge in [-0.2, -0.15) is 13.5 Å². The summed E-state index contributed by atoms with van der Waals surface area (Å²) in [5.41, 5.74) is 12.3. The third kappa shape index (κ3) is 7.44. The topological polar surface area (TPSA) is 255 Å². The number of rotatable bonds is 14. The highest BCUT2D eigenvalue weighted by Gasteiger charge is 2.51. The van der Waals surface area contributed by atoms with Crippen molar-refractivity contribution in [2.45, 2.75) is 38.1 Å². The lowest BCUT2D eigenvalue weighted by Crippen LogP contribution is -2.71. The second-order valence-corrected chi connectivity index (χ2v) is 11.4. The number of amides is 2. The average Bonchev–Trinajstić information content (AvgIpc) is 3.61. The van der Waals surface area contributed by atoms with Crippen LogP contribution in [-0.4, -0.2) is 92.0 Å². The second kappa shape index (κ2) is 13.2. The molecule has 0 spiro atoms. The van der Waals surface area contributed by atoms with E-state index in [0.717, 1.165) is 28.9 Å². The minimum Gasteiger partial charge on any atom is -0.489 e. The summed E-state index contributed by atoms with van der Waals surface area (Å²) < 4.78 is 39.4. The Morgan fingerprint density at radius 2 is 1.98 bits per heavy atom. The van der Waals surface area contributed by atoms with E-state index >= 15 is 0 Å². The molecule has 3 atom stereocenters. The molecule has 0 aliphatic carbocycles. The third-order valence-electron chi connectivity index (χ3n) is 6.21. The molecule has 0 radical (unpaired) electrons. The average molecular weight is 637 g/mol. The number of nitrogens with two attached hydrogens (primary N) is 2. The van der Waals surface area contributed by atoms with Gasteiger partial charge in [-0.15, -0.1) is 11.3 Å². The van der Waals surface area contributed by atoms with Gasteiger partial charge in [-0.25, -0.2) is 14.1 Å². The Kier molecular flexibility index (Phi) is 9.59. The van der Waals surface area contributed by atoms with Crippen molar-refractivity contribution in [3.63, 3.8) is 0 Å². The Morgan fingerprint density at radius 3 is 2.56 bits per heavy atom. The van der Waals surface area contributed by atoms with Crippen LogP contribution in [0.25, 0.3) is 11.1 Å². The maximum Gasteiger partial charge on any atom is 0.362 e. The lowest BCUT2D eigenvalue weighted by Gasteiger charge is -2.42. The molecule has 19 heteroatoms. The van der Waals surface area contributed by atoms with Crippen molar-refractivity contribution in [2.24, 2.45) is 10.9 Å². The van der Waals surface area contributed by atoms with E-state index in [9.17, 15) is 27.9 Å². The van der Waals surface area contributed by atoms with Gasteiger partial charge in [0, 0.05) is 23.7 Å². The second-order valence-electron chi connectivity index (χ2n) is 9.22. The Morgan fingerprint density at radius 1 is 1.26 bits per heavy atom. The zero-order chi connectivity index (χ0) is 31.3. The van der Waals surface area contributed by atoms with Crippen molar-refractivity contribution in [1.82, 2.24) is 24.4 Å². The van der Waals surface area contributed by atoms with Crippen LogP contribution in [0, 0.1) is 0 Å². The first-order valence-electron chi connectivity index (χ1n) is 12.6. The van der Waals surface area contributed by atoms with E-state index in [0.29, 0.717) is 18.8 Å². The number of nitrogens with one attached hydrogen (secondary N) is 1. The number of oxime groups is 1. The van der Waals surface area contributed by atoms with Gasteiger partial charge in [-0.1, -0.05) is 17.3 Å². The fourth-order valence-electron chi connectivity index (χ4n) is 3.98. The number of carboxylic acids is 1. The van der Waals surface area contributed by atoms with E-state index in [1.54, 1.807) is 35.1 Å².